The Kier molecular flexibility index (Phi) is 5.71. The SMILES string of the molecule is CCc1cccc(NC(=S)Nc2cc(C(=O)OC)ccc2C)c1. The summed E-state index contributed by atoms with van der Waals surface area (Å²) in [7, 11) is 1.36. The van der Waals surface area contributed by atoms with Gasteiger partial charge in [-0.25, -0.2) is 4.79 Å². The van der Waals surface area contributed by atoms with Crippen molar-refractivity contribution in [2.45, 2.75) is 20.3 Å². The van der Waals surface area contributed by atoms with E-state index in [1.54, 1.807) is 12.1 Å². The number of hydrogen-bond acceptors (Lipinski definition) is 3. The molecular weight excluding hydrogens is 308 g/mol. The molecule has 120 valence electrons. The predicted octanol–water partition coefficient (Wildman–Crippen LogP) is 4.15. The first-order chi connectivity index (χ1) is 11.0. The summed E-state index contributed by atoms with van der Waals surface area (Å²) in [4.78, 5) is 11.6. The molecule has 5 heteroatoms. The summed E-state index contributed by atoms with van der Waals surface area (Å²) in [6.45, 7) is 4.06. The van der Waals surface area contributed by atoms with E-state index in [1.165, 1.54) is 12.7 Å². The fraction of sp³-hybridized carbons (Fsp3) is 0.222. The van der Waals surface area contributed by atoms with Gasteiger partial charge in [0.25, 0.3) is 0 Å². The minimum atomic E-state index is -0.373. The maximum Gasteiger partial charge on any atom is 0.337 e. The van der Waals surface area contributed by atoms with E-state index >= 15 is 0 Å². The van der Waals surface area contributed by atoms with Crippen LogP contribution in [0, 0.1) is 6.92 Å². The van der Waals surface area contributed by atoms with Crippen molar-refractivity contribution in [1.82, 2.24) is 0 Å². The van der Waals surface area contributed by atoms with Crippen molar-refractivity contribution in [1.29, 1.82) is 0 Å². The molecule has 0 atom stereocenters. The van der Waals surface area contributed by atoms with E-state index in [1.807, 2.05) is 25.1 Å². The van der Waals surface area contributed by atoms with E-state index in [0.29, 0.717) is 10.7 Å². The van der Waals surface area contributed by atoms with Gasteiger partial charge in [0.2, 0.25) is 0 Å². The predicted molar refractivity (Wildman–Crippen MR) is 98.2 cm³/mol. The van der Waals surface area contributed by atoms with E-state index in [4.69, 9.17) is 17.0 Å². The fourth-order valence-electron chi connectivity index (χ4n) is 2.16. The summed E-state index contributed by atoms with van der Waals surface area (Å²) in [5, 5.41) is 6.76. The van der Waals surface area contributed by atoms with Crippen molar-refractivity contribution in [3.63, 3.8) is 0 Å². The summed E-state index contributed by atoms with van der Waals surface area (Å²) in [6, 6.07) is 13.4. The highest BCUT2D eigenvalue weighted by molar-refractivity contribution is 7.80. The zero-order valence-corrected chi connectivity index (χ0v) is 14.3. The average Bonchev–Trinajstić information content (AvgIpc) is 2.56. The first kappa shape index (κ1) is 17.0. The maximum absolute atomic E-state index is 11.6. The number of hydrogen-bond donors (Lipinski definition) is 2. The zero-order chi connectivity index (χ0) is 16.8. The molecule has 23 heavy (non-hydrogen) atoms. The highest BCUT2D eigenvalue weighted by Crippen LogP contribution is 2.18. The van der Waals surface area contributed by atoms with E-state index in [9.17, 15) is 4.79 Å². The molecule has 2 N–H and O–H groups in total. The van der Waals surface area contributed by atoms with Crippen molar-refractivity contribution in [3.05, 3.63) is 59.2 Å². The monoisotopic (exact) mass is 328 g/mol. The van der Waals surface area contributed by atoms with Crippen LogP contribution < -0.4 is 10.6 Å². The highest BCUT2D eigenvalue weighted by Gasteiger charge is 2.09. The Balaban J connectivity index is 2.11. The molecule has 0 bridgehead atoms. The van der Waals surface area contributed by atoms with Crippen molar-refractivity contribution >= 4 is 34.7 Å². The molecule has 2 aromatic carbocycles. The number of carbonyl (C=O) groups excluding carboxylic acids is 1. The van der Waals surface area contributed by atoms with Crippen LogP contribution in [0.4, 0.5) is 11.4 Å². The number of aryl methyl sites for hydroxylation is 2. The lowest BCUT2D eigenvalue weighted by molar-refractivity contribution is 0.0601. The van der Waals surface area contributed by atoms with Crippen LogP contribution in [0.25, 0.3) is 0 Å². The van der Waals surface area contributed by atoms with Crippen LogP contribution in [0.2, 0.25) is 0 Å². The summed E-state index contributed by atoms with van der Waals surface area (Å²) >= 11 is 5.36. The lowest BCUT2D eigenvalue weighted by Gasteiger charge is -2.14. The van der Waals surface area contributed by atoms with E-state index in [2.05, 4.69) is 29.7 Å². The van der Waals surface area contributed by atoms with Crippen LogP contribution in [-0.2, 0) is 11.2 Å². The molecule has 2 aromatic rings. The van der Waals surface area contributed by atoms with Crippen LogP contribution in [0.3, 0.4) is 0 Å². The quantitative estimate of drug-likeness (QED) is 0.652. The number of nitrogens with one attached hydrogen (secondary N) is 2. The number of anilines is 2. The lowest BCUT2D eigenvalue weighted by atomic mass is 10.1. The first-order valence-corrected chi connectivity index (χ1v) is 7.80. The normalized spacial score (nSPS) is 10.0. The van der Waals surface area contributed by atoms with Crippen LogP contribution in [0.1, 0.15) is 28.4 Å². The highest BCUT2D eigenvalue weighted by atomic mass is 32.1. The molecule has 4 nitrogen and oxygen atoms in total. The van der Waals surface area contributed by atoms with E-state index in [0.717, 1.165) is 23.4 Å². The second kappa shape index (κ2) is 7.74. The Bertz CT molecular complexity index is 729. The van der Waals surface area contributed by atoms with Crippen LogP contribution >= 0.6 is 12.2 Å². The van der Waals surface area contributed by atoms with Gasteiger partial charge in [-0.05, 0) is 61.0 Å². The molecule has 0 aromatic heterocycles. The minimum Gasteiger partial charge on any atom is -0.465 e. The van der Waals surface area contributed by atoms with Crippen molar-refractivity contribution in [2.24, 2.45) is 0 Å². The number of ether oxygens (including phenoxy) is 1. The molecule has 0 aliphatic rings. The summed E-state index contributed by atoms with van der Waals surface area (Å²) < 4.78 is 4.74. The second-order valence-electron chi connectivity index (χ2n) is 5.15. The largest absolute Gasteiger partial charge is 0.465 e. The number of esters is 1. The Morgan fingerprint density at radius 1 is 1.17 bits per heavy atom. The minimum absolute atomic E-state index is 0.373. The third-order valence-corrected chi connectivity index (χ3v) is 3.70. The molecule has 0 radical (unpaired) electrons. The van der Waals surface area contributed by atoms with E-state index < -0.39 is 0 Å². The molecule has 0 saturated heterocycles. The van der Waals surface area contributed by atoms with Gasteiger partial charge in [-0.2, -0.15) is 0 Å². The molecule has 0 heterocycles. The second-order valence-corrected chi connectivity index (χ2v) is 5.56. The Morgan fingerprint density at radius 3 is 2.65 bits per heavy atom. The van der Waals surface area contributed by atoms with Gasteiger partial charge >= 0.3 is 5.97 Å². The van der Waals surface area contributed by atoms with Crippen molar-refractivity contribution < 1.29 is 9.53 Å². The van der Waals surface area contributed by atoms with Crippen molar-refractivity contribution in [3.8, 4) is 0 Å². The molecular formula is C18H20N2O2S. The Hall–Kier alpha value is -2.40. The number of rotatable bonds is 4. The topological polar surface area (TPSA) is 50.4 Å². The van der Waals surface area contributed by atoms with E-state index in [-0.39, 0.29) is 5.97 Å². The maximum atomic E-state index is 11.6. The Morgan fingerprint density at radius 2 is 1.96 bits per heavy atom. The van der Waals surface area contributed by atoms with Crippen LogP contribution in [-0.4, -0.2) is 18.2 Å². The Labute approximate surface area is 141 Å². The molecule has 0 aliphatic heterocycles. The number of thiocarbonyl (C=S) groups is 1. The van der Waals surface area contributed by atoms with Gasteiger partial charge in [0.05, 0.1) is 12.7 Å². The van der Waals surface area contributed by atoms with Gasteiger partial charge in [0.1, 0.15) is 0 Å². The fourth-order valence-corrected chi connectivity index (χ4v) is 2.38. The van der Waals surface area contributed by atoms with Gasteiger partial charge in [0, 0.05) is 11.4 Å². The standard InChI is InChI=1S/C18H20N2O2S/c1-4-13-6-5-7-15(10-13)19-18(23)20-16-11-14(17(21)22-3)9-8-12(16)2/h5-11H,4H2,1-3H3,(H2,19,20,23). The molecule has 2 rings (SSSR count). The first-order valence-electron chi connectivity index (χ1n) is 7.39. The third-order valence-electron chi connectivity index (χ3n) is 3.50. The molecule has 0 unspecified atom stereocenters. The zero-order valence-electron chi connectivity index (χ0n) is 13.5. The lowest BCUT2D eigenvalue weighted by Crippen LogP contribution is -2.20. The van der Waals surface area contributed by atoms with Crippen LogP contribution in [0.5, 0.6) is 0 Å². The van der Waals surface area contributed by atoms with Gasteiger partial charge in [-0.15, -0.1) is 0 Å². The summed E-state index contributed by atoms with van der Waals surface area (Å²) in [5.41, 5.74) is 4.42. The molecule has 0 saturated carbocycles. The van der Waals surface area contributed by atoms with Gasteiger partial charge in [-0.1, -0.05) is 25.1 Å². The smallest absolute Gasteiger partial charge is 0.337 e. The molecule has 0 fully saturated rings. The molecule has 0 amide bonds. The number of methoxy groups -OCH3 is 1. The number of carbonyl (C=O) groups is 1. The van der Waals surface area contributed by atoms with Crippen LogP contribution in [0.15, 0.2) is 42.5 Å². The third kappa shape index (κ3) is 4.53. The summed E-state index contributed by atoms with van der Waals surface area (Å²) in [5.74, 6) is -0.373. The average molecular weight is 328 g/mol. The van der Waals surface area contributed by atoms with Gasteiger partial charge in [-0.3, -0.25) is 0 Å². The summed E-state index contributed by atoms with van der Waals surface area (Å²) in [6.07, 6.45) is 0.968. The van der Waals surface area contributed by atoms with Crippen molar-refractivity contribution in [2.75, 3.05) is 17.7 Å². The number of benzene rings is 2. The van der Waals surface area contributed by atoms with Gasteiger partial charge < -0.3 is 15.4 Å². The molecule has 0 aliphatic carbocycles. The van der Waals surface area contributed by atoms with Gasteiger partial charge in [0.15, 0.2) is 5.11 Å². The molecule has 0 spiro atoms.